The van der Waals surface area contributed by atoms with E-state index in [1.807, 2.05) is 0 Å². The molecule has 31 heavy (non-hydrogen) atoms. The van der Waals surface area contributed by atoms with Gasteiger partial charge in [-0.15, -0.1) is 11.8 Å². The maximum atomic E-state index is 14.4. The van der Waals surface area contributed by atoms with E-state index in [9.17, 15) is 29.0 Å². The van der Waals surface area contributed by atoms with Gasteiger partial charge >= 0.3 is 11.9 Å². The standard InChI is InChI=1S/C19H19ClFN3O6S/c1-7-10(12(24-30-7)11-8(20)5-4-6-9(11)21)15(25)22-13(17(26)27)16-23-14(18(28)29)19(2,3)31-16/h4-6,13-14,16,23H,1-3H3,(H,22,25)(H,26,27)(H,28,29). The summed E-state index contributed by atoms with van der Waals surface area (Å²) in [5.41, 5.74) is -0.494. The van der Waals surface area contributed by atoms with Gasteiger partial charge in [0.25, 0.3) is 5.91 Å². The number of carbonyl (C=O) groups excluding carboxylic acids is 1. The summed E-state index contributed by atoms with van der Waals surface area (Å²) in [7, 11) is 0. The number of carboxylic acids is 2. The van der Waals surface area contributed by atoms with E-state index in [1.54, 1.807) is 13.8 Å². The van der Waals surface area contributed by atoms with Gasteiger partial charge in [0.1, 0.15) is 28.9 Å². The first-order valence-electron chi connectivity index (χ1n) is 9.05. The molecule has 1 aliphatic rings. The molecule has 0 radical (unpaired) electrons. The average Bonchev–Trinajstić information content (AvgIpc) is 3.18. The van der Waals surface area contributed by atoms with Crippen molar-refractivity contribution in [2.75, 3.05) is 0 Å². The molecule has 0 saturated carbocycles. The van der Waals surface area contributed by atoms with Crippen LogP contribution in [0.2, 0.25) is 5.02 Å². The number of aromatic nitrogens is 1. The fourth-order valence-corrected chi connectivity index (χ4v) is 5.08. The van der Waals surface area contributed by atoms with E-state index in [4.69, 9.17) is 16.1 Å². The van der Waals surface area contributed by atoms with Gasteiger partial charge in [-0.1, -0.05) is 22.8 Å². The summed E-state index contributed by atoms with van der Waals surface area (Å²) in [4.78, 5) is 36.4. The number of rotatable bonds is 6. The van der Waals surface area contributed by atoms with Gasteiger partial charge in [0.2, 0.25) is 0 Å². The third-order valence-corrected chi connectivity index (χ3v) is 6.67. The molecule has 1 saturated heterocycles. The number of thioether (sulfide) groups is 1. The SMILES string of the molecule is Cc1onc(-c2c(F)cccc2Cl)c1C(=O)NC(C(=O)O)C1NC(C(=O)O)C(C)(C)S1. The van der Waals surface area contributed by atoms with Crippen molar-refractivity contribution < 1.29 is 33.5 Å². The minimum Gasteiger partial charge on any atom is -0.480 e. The highest BCUT2D eigenvalue weighted by molar-refractivity contribution is 8.01. The van der Waals surface area contributed by atoms with Gasteiger partial charge in [-0.05, 0) is 32.9 Å². The number of amides is 1. The Balaban J connectivity index is 1.93. The number of carboxylic acid groups (broad SMARTS) is 2. The molecule has 2 aromatic rings. The van der Waals surface area contributed by atoms with E-state index in [0.29, 0.717) is 0 Å². The van der Waals surface area contributed by atoms with Crippen LogP contribution in [0, 0.1) is 12.7 Å². The molecule has 0 spiro atoms. The van der Waals surface area contributed by atoms with E-state index >= 15 is 0 Å². The third-order valence-electron chi connectivity index (χ3n) is 4.85. The van der Waals surface area contributed by atoms with Crippen LogP contribution in [0.25, 0.3) is 11.3 Å². The zero-order valence-corrected chi connectivity index (χ0v) is 18.2. The fourth-order valence-electron chi connectivity index (χ4n) is 3.34. The lowest BCUT2D eigenvalue weighted by Crippen LogP contribution is -2.54. The summed E-state index contributed by atoms with van der Waals surface area (Å²) >= 11 is 7.15. The molecule has 3 atom stereocenters. The predicted octanol–water partition coefficient (Wildman–Crippen LogP) is 2.52. The first-order chi connectivity index (χ1) is 14.4. The maximum Gasteiger partial charge on any atom is 0.328 e. The molecule has 1 amide bonds. The lowest BCUT2D eigenvalue weighted by Gasteiger charge is -2.22. The number of aliphatic carboxylic acids is 2. The topological polar surface area (TPSA) is 142 Å². The van der Waals surface area contributed by atoms with Crippen LogP contribution < -0.4 is 10.6 Å². The fraction of sp³-hybridized carbons (Fsp3) is 0.368. The van der Waals surface area contributed by atoms with Crippen molar-refractivity contribution in [3.63, 3.8) is 0 Å². The second-order valence-corrected chi connectivity index (χ2v) is 9.63. The molecule has 9 nitrogen and oxygen atoms in total. The number of nitrogens with one attached hydrogen (secondary N) is 2. The van der Waals surface area contributed by atoms with Crippen LogP contribution in [0.5, 0.6) is 0 Å². The minimum absolute atomic E-state index is 0.00352. The highest BCUT2D eigenvalue weighted by Gasteiger charge is 2.49. The Labute approximate surface area is 185 Å². The number of halogens is 2. The molecule has 4 N–H and O–H groups in total. The number of aryl methyl sites for hydroxylation is 1. The Kier molecular flexibility index (Phi) is 6.30. The summed E-state index contributed by atoms with van der Waals surface area (Å²) in [6.45, 7) is 4.74. The highest BCUT2D eigenvalue weighted by atomic mass is 35.5. The van der Waals surface area contributed by atoms with Crippen LogP contribution in [0.4, 0.5) is 4.39 Å². The predicted molar refractivity (Wildman–Crippen MR) is 111 cm³/mol. The normalized spacial score (nSPS) is 20.9. The molecule has 1 fully saturated rings. The van der Waals surface area contributed by atoms with Crippen molar-refractivity contribution in [1.29, 1.82) is 0 Å². The largest absolute Gasteiger partial charge is 0.480 e. The third kappa shape index (κ3) is 4.39. The molecule has 12 heteroatoms. The molecule has 0 aliphatic carbocycles. The maximum absolute atomic E-state index is 14.4. The lowest BCUT2D eigenvalue weighted by molar-refractivity contribution is -0.142. The smallest absolute Gasteiger partial charge is 0.328 e. The summed E-state index contributed by atoms with van der Waals surface area (Å²) < 4.78 is 18.6. The zero-order valence-electron chi connectivity index (χ0n) is 16.6. The van der Waals surface area contributed by atoms with Gasteiger partial charge in [-0.25, -0.2) is 9.18 Å². The Hall–Kier alpha value is -2.63. The molecule has 0 bridgehead atoms. The quantitative estimate of drug-likeness (QED) is 0.499. The van der Waals surface area contributed by atoms with Gasteiger partial charge in [0.15, 0.2) is 6.04 Å². The van der Waals surface area contributed by atoms with Crippen molar-refractivity contribution in [2.24, 2.45) is 0 Å². The first-order valence-corrected chi connectivity index (χ1v) is 10.3. The van der Waals surface area contributed by atoms with Crippen molar-refractivity contribution >= 4 is 41.2 Å². The van der Waals surface area contributed by atoms with Crippen LogP contribution in [0.3, 0.4) is 0 Å². The molecule has 3 rings (SSSR count). The Bertz CT molecular complexity index is 1040. The summed E-state index contributed by atoms with van der Waals surface area (Å²) in [6, 6.07) is 1.43. The van der Waals surface area contributed by atoms with E-state index in [1.165, 1.54) is 19.1 Å². The average molecular weight is 472 g/mol. The Morgan fingerprint density at radius 2 is 2.03 bits per heavy atom. The number of benzene rings is 1. The van der Waals surface area contributed by atoms with Crippen LogP contribution >= 0.6 is 23.4 Å². The van der Waals surface area contributed by atoms with Crippen molar-refractivity contribution in [3.8, 4) is 11.3 Å². The van der Waals surface area contributed by atoms with Crippen molar-refractivity contribution in [3.05, 3.63) is 40.4 Å². The van der Waals surface area contributed by atoms with Gasteiger partial charge in [0, 0.05) is 4.75 Å². The monoisotopic (exact) mass is 471 g/mol. The molecular formula is C19H19ClFN3O6S. The van der Waals surface area contributed by atoms with E-state index in [-0.39, 0.29) is 27.6 Å². The van der Waals surface area contributed by atoms with Crippen LogP contribution in [0.1, 0.15) is 30.0 Å². The number of hydrogen-bond acceptors (Lipinski definition) is 7. The summed E-state index contributed by atoms with van der Waals surface area (Å²) in [5.74, 6) is -4.09. The molecule has 2 heterocycles. The van der Waals surface area contributed by atoms with E-state index in [0.717, 1.165) is 17.8 Å². The second-order valence-electron chi connectivity index (χ2n) is 7.43. The number of hydrogen-bond donors (Lipinski definition) is 4. The zero-order chi connectivity index (χ0) is 23.1. The minimum atomic E-state index is -1.49. The molecular weight excluding hydrogens is 453 g/mol. The summed E-state index contributed by atoms with van der Waals surface area (Å²) in [5, 5.41) is 27.0. The molecule has 1 aliphatic heterocycles. The van der Waals surface area contributed by atoms with Crippen molar-refractivity contribution in [1.82, 2.24) is 15.8 Å². The number of carbonyl (C=O) groups is 3. The number of nitrogens with zero attached hydrogens (tertiary/aromatic N) is 1. The van der Waals surface area contributed by atoms with Crippen LogP contribution in [-0.2, 0) is 9.59 Å². The van der Waals surface area contributed by atoms with Gasteiger partial charge in [-0.3, -0.25) is 14.9 Å². The lowest BCUT2D eigenvalue weighted by atomic mass is 10.0. The van der Waals surface area contributed by atoms with Crippen LogP contribution in [0.15, 0.2) is 22.7 Å². The van der Waals surface area contributed by atoms with E-state index in [2.05, 4.69) is 15.8 Å². The van der Waals surface area contributed by atoms with Gasteiger partial charge in [0.05, 0.1) is 16.0 Å². The van der Waals surface area contributed by atoms with Crippen LogP contribution in [-0.4, -0.2) is 55.4 Å². The molecule has 1 aromatic carbocycles. The Morgan fingerprint density at radius 1 is 1.35 bits per heavy atom. The summed E-state index contributed by atoms with van der Waals surface area (Å²) in [6.07, 6.45) is 0. The van der Waals surface area contributed by atoms with Crippen molar-refractivity contribution in [2.45, 2.75) is 43.0 Å². The Morgan fingerprint density at radius 3 is 2.58 bits per heavy atom. The first kappa shape index (κ1) is 23.0. The van der Waals surface area contributed by atoms with Gasteiger partial charge < -0.3 is 20.1 Å². The molecule has 1 aromatic heterocycles. The van der Waals surface area contributed by atoms with Gasteiger partial charge in [-0.2, -0.15) is 0 Å². The highest BCUT2D eigenvalue weighted by Crippen LogP contribution is 2.39. The molecule has 166 valence electrons. The second kappa shape index (κ2) is 8.48. The van der Waals surface area contributed by atoms with E-state index < -0.39 is 45.9 Å². The molecule has 3 unspecified atom stereocenters.